The molecule has 3 saturated heterocycles. The molecule has 2 bridgehead atoms. The van der Waals surface area contributed by atoms with Crippen molar-refractivity contribution in [2.45, 2.75) is 25.8 Å². The molecule has 0 radical (unpaired) electrons. The van der Waals surface area contributed by atoms with Crippen LogP contribution in [0.3, 0.4) is 0 Å². The van der Waals surface area contributed by atoms with Crippen molar-refractivity contribution in [3.05, 3.63) is 17.9 Å². The van der Waals surface area contributed by atoms with Crippen LogP contribution in [0.5, 0.6) is 5.75 Å². The molecule has 0 spiro atoms. The lowest BCUT2D eigenvalue weighted by Crippen LogP contribution is -2.53. The number of halogens is 1. The summed E-state index contributed by atoms with van der Waals surface area (Å²) in [5, 5.41) is 3.49. The van der Waals surface area contributed by atoms with E-state index in [1.54, 1.807) is 6.07 Å². The van der Waals surface area contributed by atoms with E-state index in [0.29, 0.717) is 24.3 Å². The van der Waals surface area contributed by atoms with Gasteiger partial charge in [0, 0.05) is 24.7 Å². The van der Waals surface area contributed by atoms with Crippen molar-refractivity contribution in [3.8, 4) is 5.75 Å². The molecule has 3 aliphatic heterocycles. The molecule has 0 aromatic heterocycles. The van der Waals surface area contributed by atoms with E-state index in [0.717, 1.165) is 12.2 Å². The number of nitrogens with two attached hydrogens (primary N) is 1. The molecule has 5 heteroatoms. The second-order valence-electron chi connectivity index (χ2n) is 5.69. The lowest BCUT2D eigenvalue weighted by atomic mass is 9.84. The summed E-state index contributed by atoms with van der Waals surface area (Å²) < 4.78 is 19.0. The number of ether oxygens (including phenoxy) is 1. The molecule has 4 nitrogen and oxygen atoms in total. The van der Waals surface area contributed by atoms with Crippen molar-refractivity contribution >= 4 is 11.4 Å². The lowest BCUT2D eigenvalue weighted by Gasteiger charge is -2.45. The highest BCUT2D eigenvalue weighted by atomic mass is 19.1. The van der Waals surface area contributed by atoms with Crippen molar-refractivity contribution in [2.75, 3.05) is 37.3 Å². The lowest BCUT2D eigenvalue weighted by molar-refractivity contribution is 0.0975. The van der Waals surface area contributed by atoms with Crippen molar-refractivity contribution < 1.29 is 9.13 Å². The Labute approximate surface area is 119 Å². The standard InChI is InChI=1S/C15H22FN3O/c1-2-20-15-8-13(12(17)7-11(15)16)18-14-9-19-5-3-10(14)4-6-19/h7-8,10,14,18H,2-6,9,17H2,1H3. The number of piperidine rings is 3. The van der Waals surface area contributed by atoms with E-state index >= 15 is 0 Å². The summed E-state index contributed by atoms with van der Waals surface area (Å²) in [5.41, 5.74) is 7.16. The minimum Gasteiger partial charge on any atom is -0.491 e. The zero-order valence-corrected chi connectivity index (χ0v) is 11.9. The fraction of sp³-hybridized carbons (Fsp3) is 0.600. The van der Waals surface area contributed by atoms with E-state index in [-0.39, 0.29) is 5.75 Å². The highest BCUT2D eigenvalue weighted by molar-refractivity contribution is 5.69. The fourth-order valence-electron chi connectivity index (χ4n) is 3.29. The van der Waals surface area contributed by atoms with Crippen molar-refractivity contribution in [3.63, 3.8) is 0 Å². The molecule has 20 heavy (non-hydrogen) atoms. The van der Waals surface area contributed by atoms with E-state index < -0.39 is 5.82 Å². The fourth-order valence-corrected chi connectivity index (χ4v) is 3.29. The molecule has 110 valence electrons. The van der Waals surface area contributed by atoms with E-state index in [4.69, 9.17) is 10.5 Å². The number of nitrogens with one attached hydrogen (secondary N) is 1. The van der Waals surface area contributed by atoms with Gasteiger partial charge in [-0.05, 0) is 38.8 Å². The summed E-state index contributed by atoms with van der Waals surface area (Å²) in [5.74, 6) is 0.564. The van der Waals surface area contributed by atoms with Gasteiger partial charge in [-0.25, -0.2) is 4.39 Å². The molecule has 3 fully saturated rings. The van der Waals surface area contributed by atoms with Crippen molar-refractivity contribution in [1.29, 1.82) is 0 Å². The van der Waals surface area contributed by atoms with Gasteiger partial charge in [-0.3, -0.25) is 0 Å². The summed E-state index contributed by atoms with van der Waals surface area (Å²) in [6.45, 7) is 5.74. The second kappa shape index (κ2) is 5.48. The highest BCUT2D eigenvalue weighted by Gasteiger charge is 2.34. The van der Waals surface area contributed by atoms with Crippen LogP contribution >= 0.6 is 0 Å². The molecule has 3 N–H and O–H groups in total. The molecule has 0 amide bonds. The zero-order valence-electron chi connectivity index (χ0n) is 11.9. The summed E-state index contributed by atoms with van der Waals surface area (Å²) in [4.78, 5) is 2.47. The first-order valence-corrected chi connectivity index (χ1v) is 7.38. The second-order valence-corrected chi connectivity index (χ2v) is 5.69. The number of benzene rings is 1. The van der Waals surface area contributed by atoms with E-state index in [2.05, 4.69) is 10.2 Å². The number of fused-ring (bicyclic) bond motifs is 3. The van der Waals surface area contributed by atoms with Crippen LogP contribution in [-0.2, 0) is 0 Å². The third-order valence-corrected chi connectivity index (χ3v) is 4.40. The predicted octanol–water partition coefficient (Wildman–Crippen LogP) is 2.31. The topological polar surface area (TPSA) is 50.5 Å². The Hall–Kier alpha value is -1.49. The summed E-state index contributed by atoms with van der Waals surface area (Å²) in [7, 11) is 0. The highest BCUT2D eigenvalue weighted by Crippen LogP contribution is 2.33. The van der Waals surface area contributed by atoms with Gasteiger partial charge in [0.1, 0.15) is 0 Å². The van der Waals surface area contributed by atoms with Crippen LogP contribution in [0.15, 0.2) is 12.1 Å². The maximum Gasteiger partial charge on any atom is 0.167 e. The van der Waals surface area contributed by atoms with Gasteiger partial charge in [0.25, 0.3) is 0 Å². The van der Waals surface area contributed by atoms with E-state index in [1.807, 2.05) is 6.92 Å². The molecular weight excluding hydrogens is 257 g/mol. The minimum absolute atomic E-state index is 0.269. The first-order chi connectivity index (χ1) is 9.67. The van der Waals surface area contributed by atoms with Gasteiger partial charge in [-0.2, -0.15) is 0 Å². The molecule has 3 heterocycles. The molecule has 1 aromatic carbocycles. The van der Waals surface area contributed by atoms with Gasteiger partial charge >= 0.3 is 0 Å². The Bertz CT molecular complexity index is 486. The van der Waals surface area contributed by atoms with Crippen LogP contribution in [-0.4, -0.2) is 37.2 Å². The normalized spacial score (nSPS) is 28.4. The van der Waals surface area contributed by atoms with Gasteiger partial charge in [0.2, 0.25) is 0 Å². The first-order valence-electron chi connectivity index (χ1n) is 7.38. The zero-order chi connectivity index (χ0) is 14.1. The van der Waals surface area contributed by atoms with Crippen molar-refractivity contribution in [1.82, 2.24) is 4.90 Å². The summed E-state index contributed by atoms with van der Waals surface area (Å²) in [6, 6.07) is 3.43. The largest absolute Gasteiger partial charge is 0.491 e. The average Bonchev–Trinajstić information content (AvgIpc) is 2.45. The van der Waals surface area contributed by atoms with Gasteiger partial charge < -0.3 is 20.7 Å². The molecule has 1 aromatic rings. The number of nitrogen functional groups attached to an aromatic ring is 1. The Morgan fingerprint density at radius 2 is 2.15 bits per heavy atom. The number of hydrogen-bond acceptors (Lipinski definition) is 4. The number of nitrogens with zero attached hydrogens (tertiary/aromatic N) is 1. The average molecular weight is 279 g/mol. The maximum atomic E-state index is 13.7. The SMILES string of the molecule is CCOc1cc(NC2CN3CCC2CC3)c(N)cc1F. The quantitative estimate of drug-likeness (QED) is 0.830. The molecule has 1 atom stereocenters. The molecule has 0 aliphatic carbocycles. The Balaban J connectivity index is 1.78. The van der Waals surface area contributed by atoms with Crippen LogP contribution in [0.1, 0.15) is 19.8 Å². The van der Waals surface area contributed by atoms with Gasteiger partial charge in [0.05, 0.1) is 18.0 Å². The van der Waals surface area contributed by atoms with Crippen LogP contribution in [0.2, 0.25) is 0 Å². The minimum atomic E-state index is -0.399. The van der Waals surface area contributed by atoms with Gasteiger partial charge in [-0.1, -0.05) is 0 Å². The van der Waals surface area contributed by atoms with E-state index in [9.17, 15) is 4.39 Å². The number of anilines is 2. The number of hydrogen-bond donors (Lipinski definition) is 2. The Morgan fingerprint density at radius 1 is 1.40 bits per heavy atom. The van der Waals surface area contributed by atoms with Crippen LogP contribution in [0.4, 0.5) is 15.8 Å². The Morgan fingerprint density at radius 3 is 2.75 bits per heavy atom. The van der Waals surface area contributed by atoms with Gasteiger partial charge in [0.15, 0.2) is 11.6 Å². The summed E-state index contributed by atoms with van der Waals surface area (Å²) >= 11 is 0. The third-order valence-electron chi connectivity index (χ3n) is 4.40. The third kappa shape index (κ3) is 2.54. The smallest absolute Gasteiger partial charge is 0.167 e. The van der Waals surface area contributed by atoms with Crippen LogP contribution < -0.4 is 15.8 Å². The monoisotopic (exact) mass is 279 g/mol. The first kappa shape index (κ1) is 13.5. The van der Waals surface area contributed by atoms with E-state index in [1.165, 1.54) is 32.0 Å². The van der Waals surface area contributed by atoms with Crippen LogP contribution in [0, 0.1) is 11.7 Å². The molecular formula is C15H22FN3O. The maximum absolute atomic E-state index is 13.7. The Kier molecular flexibility index (Phi) is 3.70. The van der Waals surface area contributed by atoms with Crippen molar-refractivity contribution in [2.24, 2.45) is 5.92 Å². The molecule has 4 rings (SSSR count). The molecule has 0 saturated carbocycles. The molecule has 1 unspecified atom stereocenters. The number of rotatable bonds is 4. The summed E-state index contributed by atoms with van der Waals surface area (Å²) in [6.07, 6.45) is 2.47. The van der Waals surface area contributed by atoms with Gasteiger partial charge in [-0.15, -0.1) is 0 Å². The predicted molar refractivity (Wildman–Crippen MR) is 78.6 cm³/mol. The van der Waals surface area contributed by atoms with Crippen LogP contribution in [0.25, 0.3) is 0 Å². The molecule has 3 aliphatic rings.